The van der Waals surface area contributed by atoms with Gasteiger partial charge in [-0.25, -0.2) is 0 Å². The number of rotatable bonds is 7. The van der Waals surface area contributed by atoms with Gasteiger partial charge < -0.3 is 14.8 Å². The maximum atomic E-state index is 6.45. The summed E-state index contributed by atoms with van der Waals surface area (Å²) in [4.78, 5) is 0. The minimum atomic E-state index is 0.162. The first-order valence-electron chi connectivity index (χ1n) is 8.50. The highest BCUT2D eigenvalue weighted by Crippen LogP contribution is 2.38. The lowest BCUT2D eigenvalue weighted by Gasteiger charge is -2.16. The summed E-state index contributed by atoms with van der Waals surface area (Å²) in [5.74, 6) is 0.926. The van der Waals surface area contributed by atoms with E-state index in [1.807, 2.05) is 12.1 Å². The number of hydrogen-bond donors (Lipinski definition) is 1. The molecule has 0 saturated heterocycles. The summed E-state index contributed by atoms with van der Waals surface area (Å²) < 4.78 is 11.3. The second-order valence-electron chi connectivity index (χ2n) is 6.08. The Bertz CT molecular complexity index is 1010. The van der Waals surface area contributed by atoms with Crippen molar-refractivity contribution in [1.29, 1.82) is 0 Å². The van der Waals surface area contributed by atoms with Crippen LogP contribution in [0.15, 0.2) is 48.5 Å². The number of benzene rings is 3. The monoisotopic (exact) mass is 489 g/mol. The van der Waals surface area contributed by atoms with Gasteiger partial charge in [0.05, 0.1) is 22.2 Å². The second-order valence-corrected chi connectivity index (χ2v) is 8.12. The minimum Gasteiger partial charge on any atom is -0.493 e. The highest BCUT2D eigenvalue weighted by atomic mass is 35.5. The fraction of sp³-hybridized carbons (Fsp3) is 0.143. The van der Waals surface area contributed by atoms with Gasteiger partial charge >= 0.3 is 0 Å². The largest absolute Gasteiger partial charge is 0.493 e. The zero-order chi connectivity index (χ0) is 21.0. The SMILES string of the molecule is COc1cc(CNc2ccc(Cl)c(Cl)c2)cc(Cl)c1OCc1c(Cl)cccc1Cl. The fourth-order valence-corrected chi connectivity index (χ4v) is 3.73. The third kappa shape index (κ3) is 5.56. The molecule has 3 aromatic carbocycles. The lowest BCUT2D eigenvalue weighted by molar-refractivity contribution is 0.284. The molecule has 3 nitrogen and oxygen atoms in total. The standard InChI is InChI=1S/C21H16Cl5NO2/c1-28-20-8-12(10-27-13-5-6-17(24)18(25)9-13)7-19(26)21(20)29-11-14-15(22)3-2-4-16(14)23/h2-9,27H,10-11H2,1H3. The van der Waals surface area contributed by atoms with Crippen LogP contribution in [0.3, 0.4) is 0 Å². The summed E-state index contributed by atoms with van der Waals surface area (Å²) in [6.45, 7) is 0.667. The van der Waals surface area contributed by atoms with Crippen molar-refractivity contribution in [3.05, 3.63) is 84.8 Å². The highest BCUT2D eigenvalue weighted by Gasteiger charge is 2.14. The van der Waals surface area contributed by atoms with E-state index in [4.69, 9.17) is 67.5 Å². The van der Waals surface area contributed by atoms with Crippen LogP contribution in [0, 0.1) is 0 Å². The molecular formula is C21H16Cl5NO2. The summed E-state index contributed by atoms with van der Waals surface area (Å²) in [7, 11) is 1.55. The number of hydrogen-bond acceptors (Lipinski definition) is 3. The van der Waals surface area contributed by atoms with Gasteiger partial charge in [0, 0.05) is 27.8 Å². The summed E-state index contributed by atoms with van der Waals surface area (Å²) >= 11 is 30.8. The molecule has 0 spiro atoms. The normalized spacial score (nSPS) is 10.7. The summed E-state index contributed by atoms with van der Waals surface area (Å²) in [5.41, 5.74) is 2.42. The van der Waals surface area contributed by atoms with Crippen LogP contribution in [0.25, 0.3) is 0 Å². The van der Waals surface area contributed by atoms with Gasteiger partial charge in [-0.2, -0.15) is 0 Å². The van der Waals surface area contributed by atoms with Crippen LogP contribution in [-0.2, 0) is 13.2 Å². The average molecular weight is 492 g/mol. The van der Waals surface area contributed by atoms with Gasteiger partial charge in [0.2, 0.25) is 0 Å². The molecule has 1 N–H and O–H groups in total. The van der Waals surface area contributed by atoms with E-state index in [2.05, 4.69) is 5.32 Å². The minimum absolute atomic E-state index is 0.162. The Morgan fingerprint density at radius 2 is 1.52 bits per heavy atom. The Hall–Kier alpha value is -1.49. The Morgan fingerprint density at radius 1 is 0.793 bits per heavy atom. The molecule has 152 valence electrons. The third-order valence-electron chi connectivity index (χ3n) is 4.13. The van der Waals surface area contributed by atoms with Crippen LogP contribution in [0.4, 0.5) is 5.69 Å². The lowest BCUT2D eigenvalue weighted by Crippen LogP contribution is -2.03. The summed E-state index contributed by atoms with van der Waals surface area (Å²) in [5, 5.41) is 5.71. The highest BCUT2D eigenvalue weighted by molar-refractivity contribution is 6.42. The number of ether oxygens (including phenoxy) is 2. The predicted octanol–water partition coefficient (Wildman–Crippen LogP) is 8.15. The molecule has 0 amide bonds. The molecule has 0 atom stereocenters. The van der Waals surface area contributed by atoms with Gasteiger partial charge in [0.25, 0.3) is 0 Å². The van der Waals surface area contributed by atoms with Crippen LogP contribution in [0.2, 0.25) is 25.1 Å². The Morgan fingerprint density at radius 3 is 2.17 bits per heavy atom. The Kier molecular flexibility index (Phi) is 7.66. The zero-order valence-corrected chi connectivity index (χ0v) is 19.0. The molecule has 29 heavy (non-hydrogen) atoms. The van der Waals surface area contributed by atoms with Gasteiger partial charge in [-0.3, -0.25) is 0 Å². The molecule has 0 fully saturated rings. The van der Waals surface area contributed by atoms with Crippen molar-refractivity contribution >= 4 is 63.7 Å². The van der Waals surface area contributed by atoms with E-state index in [0.717, 1.165) is 11.3 Å². The molecule has 0 aromatic heterocycles. The number of anilines is 1. The van der Waals surface area contributed by atoms with E-state index < -0.39 is 0 Å². The van der Waals surface area contributed by atoms with Crippen molar-refractivity contribution in [1.82, 2.24) is 0 Å². The summed E-state index contributed by atoms with van der Waals surface area (Å²) in [6, 6.07) is 14.3. The molecule has 0 unspecified atom stereocenters. The number of nitrogens with one attached hydrogen (secondary N) is 1. The van der Waals surface area contributed by atoms with E-state index in [-0.39, 0.29) is 6.61 Å². The van der Waals surface area contributed by atoms with Gasteiger partial charge in [-0.05, 0) is 48.0 Å². The Labute approximate surface area is 194 Å². The smallest absolute Gasteiger partial charge is 0.180 e. The third-order valence-corrected chi connectivity index (χ3v) is 5.86. The van der Waals surface area contributed by atoms with Gasteiger partial charge in [0.15, 0.2) is 11.5 Å². The van der Waals surface area contributed by atoms with Gasteiger partial charge in [0.1, 0.15) is 6.61 Å². The lowest BCUT2D eigenvalue weighted by atomic mass is 10.2. The van der Waals surface area contributed by atoms with Crippen LogP contribution >= 0.6 is 58.0 Å². The van der Waals surface area contributed by atoms with Crippen molar-refractivity contribution in [3.63, 3.8) is 0 Å². The second kappa shape index (κ2) is 10.0. The van der Waals surface area contributed by atoms with E-state index in [0.29, 0.717) is 48.7 Å². The van der Waals surface area contributed by atoms with Gasteiger partial charge in [-0.1, -0.05) is 64.1 Å². The molecule has 0 aliphatic rings. The number of methoxy groups -OCH3 is 1. The molecule has 0 radical (unpaired) electrons. The zero-order valence-electron chi connectivity index (χ0n) is 15.2. The van der Waals surface area contributed by atoms with Crippen LogP contribution in [0.5, 0.6) is 11.5 Å². The predicted molar refractivity (Wildman–Crippen MR) is 123 cm³/mol. The first kappa shape index (κ1) is 22.2. The molecule has 0 aliphatic heterocycles. The van der Waals surface area contributed by atoms with E-state index >= 15 is 0 Å². The summed E-state index contributed by atoms with van der Waals surface area (Å²) in [6.07, 6.45) is 0. The van der Waals surface area contributed by atoms with E-state index in [1.54, 1.807) is 43.5 Å². The topological polar surface area (TPSA) is 30.5 Å². The van der Waals surface area contributed by atoms with Crippen LogP contribution in [0.1, 0.15) is 11.1 Å². The first-order chi connectivity index (χ1) is 13.9. The van der Waals surface area contributed by atoms with Crippen molar-refractivity contribution < 1.29 is 9.47 Å². The molecule has 3 rings (SSSR count). The fourth-order valence-electron chi connectivity index (χ4n) is 2.64. The maximum Gasteiger partial charge on any atom is 0.180 e. The molecule has 0 heterocycles. The molecule has 8 heteroatoms. The molecule has 0 saturated carbocycles. The molecule has 0 bridgehead atoms. The number of halogens is 5. The average Bonchev–Trinajstić information content (AvgIpc) is 2.69. The van der Waals surface area contributed by atoms with E-state index in [1.165, 1.54) is 0 Å². The van der Waals surface area contributed by atoms with Crippen molar-refractivity contribution in [2.75, 3.05) is 12.4 Å². The maximum absolute atomic E-state index is 6.45. The van der Waals surface area contributed by atoms with Crippen LogP contribution in [-0.4, -0.2) is 7.11 Å². The van der Waals surface area contributed by atoms with Crippen molar-refractivity contribution in [3.8, 4) is 11.5 Å². The van der Waals surface area contributed by atoms with Crippen molar-refractivity contribution in [2.45, 2.75) is 13.2 Å². The first-order valence-corrected chi connectivity index (χ1v) is 10.4. The molecule has 3 aromatic rings. The molecular weight excluding hydrogens is 476 g/mol. The molecule has 0 aliphatic carbocycles. The quantitative estimate of drug-likeness (QED) is 0.362. The van der Waals surface area contributed by atoms with Crippen LogP contribution < -0.4 is 14.8 Å². The Balaban J connectivity index is 1.75. The van der Waals surface area contributed by atoms with Crippen molar-refractivity contribution in [2.24, 2.45) is 0 Å². The van der Waals surface area contributed by atoms with E-state index in [9.17, 15) is 0 Å². The van der Waals surface area contributed by atoms with Gasteiger partial charge in [-0.15, -0.1) is 0 Å².